The molecule has 2 heterocycles. The molecule has 2 aromatic carbocycles. The molecular formula is C25H30N4O4S. The minimum Gasteiger partial charge on any atom is -0.348 e. The third kappa shape index (κ3) is 5.06. The van der Waals surface area contributed by atoms with Crippen LogP contribution in [-0.4, -0.2) is 60.7 Å². The van der Waals surface area contributed by atoms with Crippen molar-refractivity contribution in [2.24, 2.45) is 0 Å². The van der Waals surface area contributed by atoms with Crippen molar-refractivity contribution >= 4 is 26.8 Å². The summed E-state index contributed by atoms with van der Waals surface area (Å²) in [6.45, 7) is 6.63. The molecule has 180 valence electrons. The van der Waals surface area contributed by atoms with Crippen LogP contribution in [0.15, 0.2) is 64.3 Å². The molecule has 4 rings (SSSR count). The molecule has 1 saturated heterocycles. The van der Waals surface area contributed by atoms with Gasteiger partial charge in [0, 0.05) is 55.7 Å². The molecule has 0 aliphatic carbocycles. The zero-order valence-corrected chi connectivity index (χ0v) is 20.3. The van der Waals surface area contributed by atoms with Crippen molar-refractivity contribution in [3.63, 3.8) is 0 Å². The van der Waals surface area contributed by atoms with Crippen LogP contribution in [-0.2, 0) is 16.6 Å². The number of amides is 1. The Kier molecular flexibility index (Phi) is 7.16. The molecule has 1 unspecified atom stereocenters. The highest BCUT2D eigenvalue weighted by atomic mass is 32.2. The van der Waals surface area contributed by atoms with E-state index in [-0.39, 0.29) is 22.4 Å². The van der Waals surface area contributed by atoms with Crippen LogP contribution in [0.4, 0.5) is 0 Å². The minimum atomic E-state index is -3.70. The first kappa shape index (κ1) is 24.1. The molecule has 1 aromatic heterocycles. The second-order valence-electron chi connectivity index (χ2n) is 8.52. The van der Waals surface area contributed by atoms with E-state index in [9.17, 15) is 18.0 Å². The lowest BCUT2D eigenvalue weighted by molar-refractivity contribution is 0.0939. The average Bonchev–Trinajstić information content (AvgIpc) is 3.25. The summed E-state index contributed by atoms with van der Waals surface area (Å²) in [7, 11) is -3.70. The number of pyridine rings is 1. The smallest absolute Gasteiger partial charge is 0.252 e. The molecule has 0 spiro atoms. The van der Waals surface area contributed by atoms with Crippen LogP contribution in [0.3, 0.4) is 0 Å². The molecule has 2 N–H and O–H groups in total. The average molecular weight is 483 g/mol. The van der Waals surface area contributed by atoms with E-state index in [0.717, 1.165) is 19.5 Å². The molecule has 34 heavy (non-hydrogen) atoms. The number of carbonyl (C=O) groups excluding carboxylic acids is 1. The summed E-state index contributed by atoms with van der Waals surface area (Å²) in [6, 6.07) is 15.8. The van der Waals surface area contributed by atoms with Gasteiger partial charge in [-0.2, -0.15) is 4.31 Å². The second kappa shape index (κ2) is 10.1. The van der Waals surface area contributed by atoms with Gasteiger partial charge in [0.15, 0.2) is 0 Å². The van der Waals surface area contributed by atoms with E-state index in [1.165, 1.54) is 28.1 Å². The lowest BCUT2D eigenvalue weighted by Gasteiger charge is -2.19. The van der Waals surface area contributed by atoms with Crippen LogP contribution in [0.5, 0.6) is 0 Å². The number of H-pyrrole nitrogens is 1. The summed E-state index contributed by atoms with van der Waals surface area (Å²) in [5.41, 5.74) is 1.41. The topological polar surface area (TPSA) is 103 Å². The highest BCUT2D eigenvalue weighted by molar-refractivity contribution is 7.89. The van der Waals surface area contributed by atoms with Gasteiger partial charge in [-0.15, -0.1) is 0 Å². The first-order valence-corrected chi connectivity index (χ1v) is 13.0. The number of hydrogen-bond acceptors (Lipinski definition) is 5. The van der Waals surface area contributed by atoms with Crippen LogP contribution >= 0.6 is 0 Å². The molecule has 0 saturated carbocycles. The summed E-state index contributed by atoms with van der Waals surface area (Å²) in [6.07, 6.45) is 0.807. The van der Waals surface area contributed by atoms with Crippen LogP contribution in [0, 0.1) is 0 Å². The van der Waals surface area contributed by atoms with E-state index < -0.39 is 15.6 Å². The lowest BCUT2D eigenvalue weighted by Crippen LogP contribution is -2.37. The molecule has 1 amide bonds. The standard InChI is InChI=1S/C25H30N4O4S/c1-3-29(4-2)34(32,33)20-10-11-23-21(14-20)22(15-24(30)27-23)25(31)26-19-12-13-28(17-19)16-18-8-6-5-7-9-18/h5-11,14-15,19H,3-4,12-13,16-17H2,1-2H3,(H,26,31)(H,27,30). The van der Waals surface area contributed by atoms with Crippen molar-refractivity contribution in [3.8, 4) is 0 Å². The Morgan fingerprint density at radius 1 is 1.12 bits per heavy atom. The molecule has 1 aliphatic rings. The van der Waals surface area contributed by atoms with Gasteiger partial charge in [-0.3, -0.25) is 14.5 Å². The maximum Gasteiger partial charge on any atom is 0.252 e. The maximum atomic E-state index is 13.2. The van der Waals surface area contributed by atoms with Crippen molar-refractivity contribution < 1.29 is 13.2 Å². The SMILES string of the molecule is CCN(CC)S(=O)(=O)c1ccc2[nH]c(=O)cc(C(=O)NC3CCN(Cc4ccccc4)C3)c2c1. The molecule has 9 heteroatoms. The van der Waals surface area contributed by atoms with Crippen LogP contribution in [0.25, 0.3) is 10.9 Å². The summed E-state index contributed by atoms with van der Waals surface area (Å²) in [5.74, 6) is -0.375. The minimum absolute atomic E-state index is 0.0480. The second-order valence-corrected chi connectivity index (χ2v) is 10.5. The monoisotopic (exact) mass is 482 g/mol. The molecular weight excluding hydrogens is 452 g/mol. The number of benzene rings is 2. The first-order valence-electron chi connectivity index (χ1n) is 11.6. The largest absolute Gasteiger partial charge is 0.348 e. The molecule has 3 aromatic rings. The number of carbonyl (C=O) groups is 1. The number of hydrogen-bond donors (Lipinski definition) is 2. The fourth-order valence-electron chi connectivity index (χ4n) is 4.49. The number of nitrogens with one attached hydrogen (secondary N) is 2. The molecule has 0 radical (unpaired) electrons. The summed E-state index contributed by atoms with van der Waals surface area (Å²) < 4.78 is 27.4. The van der Waals surface area contributed by atoms with Crippen molar-refractivity contribution in [1.29, 1.82) is 0 Å². The van der Waals surface area contributed by atoms with Gasteiger partial charge in [-0.05, 0) is 30.2 Å². The summed E-state index contributed by atoms with van der Waals surface area (Å²) in [4.78, 5) is 30.5. The van der Waals surface area contributed by atoms with E-state index in [1.807, 2.05) is 18.2 Å². The van der Waals surface area contributed by atoms with Gasteiger partial charge in [0.2, 0.25) is 15.6 Å². The van der Waals surface area contributed by atoms with E-state index in [4.69, 9.17) is 0 Å². The fraction of sp³-hybridized carbons (Fsp3) is 0.360. The molecule has 1 atom stereocenters. The first-order chi connectivity index (χ1) is 16.3. The van der Waals surface area contributed by atoms with Crippen molar-refractivity contribution in [2.45, 2.75) is 37.8 Å². The normalized spacial score (nSPS) is 16.9. The Balaban J connectivity index is 1.57. The van der Waals surface area contributed by atoms with E-state index in [0.29, 0.717) is 30.5 Å². The highest BCUT2D eigenvalue weighted by Crippen LogP contribution is 2.23. The Bertz CT molecular complexity index is 1330. The number of sulfonamides is 1. The van der Waals surface area contributed by atoms with Gasteiger partial charge in [0.05, 0.1) is 10.5 Å². The highest BCUT2D eigenvalue weighted by Gasteiger charge is 2.26. The van der Waals surface area contributed by atoms with Gasteiger partial charge in [-0.25, -0.2) is 8.42 Å². The Labute approximate surface area is 199 Å². The maximum absolute atomic E-state index is 13.2. The van der Waals surface area contributed by atoms with E-state index in [2.05, 4.69) is 27.3 Å². The number of aromatic amines is 1. The Hall–Kier alpha value is -3.01. The van der Waals surface area contributed by atoms with Crippen LogP contribution in [0.2, 0.25) is 0 Å². The fourth-order valence-corrected chi connectivity index (χ4v) is 5.98. The number of likely N-dealkylation sites (tertiary alicyclic amines) is 1. The number of fused-ring (bicyclic) bond motifs is 1. The molecule has 1 aliphatic heterocycles. The van der Waals surface area contributed by atoms with Crippen LogP contribution < -0.4 is 10.9 Å². The Morgan fingerprint density at radius 3 is 2.56 bits per heavy atom. The molecule has 1 fully saturated rings. The number of aromatic nitrogens is 1. The van der Waals surface area contributed by atoms with Gasteiger partial charge in [0.25, 0.3) is 5.91 Å². The van der Waals surface area contributed by atoms with E-state index in [1.54, 1.807) is 19.9 Å². The molecule has 0 bridgehead atoms. The van der Waals surface area contributed by atoms with Crippen LogP contribution in [0.1, 0.15) is 36.2 Å². The summed E-state index contributed by atoms with van der Waals surface area (Å²) in [5, 5.41) is 3.45. The van der Waals surface area contributed by atoms with Gasteiger partial charge in [0.1, 0.15) is 0 Å². The van der Waals surface area contributed by atoms with E-state index >= 15 is 0 Å². The molecule has 8 nitrogen and oxygen atoms in total. The van der Waals surface area contributed by atoms with Crippen molar-refractivity contribution in [1.82, 2.24) is 19.5 Å². The Morgan fingerprint density at radius 2 is 1.85 bits per heavy atom. The van der Waals surface area contributed by atoms with Gasteiger partial charge in [-0.1, -0.05) is 44.2 Å². The third-order valence-electron chi connectivity index (χ3n) is 6.26. The lowest BCUT2D eigenvalue weighted by atomic mass is 10.1. The predicted octanol–water partition coefficient (Wildman–Crippen LogP) is 2.56. The van der Waals surface area contributed by atoms with Gasteiger partial charge >= 0.3 is 0 Å². The zero-order valence-electron chi connectivity index (χ0n) is 19.5. The van der Waals surface area contributed by atoms with Gasteiger partial charge < -0.3 is 10.3 Å². The summed E-state index contributed by atoms with van der Waals surface area (Å²) >= 11 is 0. The van der Waals surface area contributed by atoms with Crippen molar-refractivity contribution in [2.75, 3.05) is 26.2 Å². The predicted molar refractivity (Wildman–Crippen MR) is 132 cm³/mol. The number of rotatable bonds is 8. The number of nitrogens with zero attached hydrogens (tertiary/aromatic N) is 2. The third-order valence-corrected chi connectivity index (χ3v) is 8.30. The zero-order chi connectivity index (χ0) is 24.3. The van der Waals surface area contributed by atoms with Crippen molar-refractivity contribution in [3.05, 3.63) is 76.1 Å². The quantitative estimate of drug-likeness (QED) is 0.514.